The van der Waals surface area contributed by atoms with E-state index in [1.165, 1.54) is 12.8 Å². The summed E-state index contributed by atoms with van der Waals surface area (Å²) in [7, 11) is 0. The second-order valence-corrected chi connectivity index (χ2v) is 1.82. The molecule has 42 valence electrons. The van der Waals surface area contributed by atoms with Crippen LogP contribution in [0.15, 0.2) is 36.5 Å². The molecule has 0 amide bonds. The molecular formula is C8H10. The second-order valence-electron chi connectivity index (χ2n) is 1.82. The van der Waals surface area contributed by atoms with Gasteiger partial charge in [0.1, 0.15) is 0 Å². The topological polar surface area (TPSA) is 0 Å². The van der Waals surface area contributed by atoms with Crippen molar-refractivity contribution in [3.05, 3.63) is 36.5 Å². The second kappa shape index (κ2) is 3.25. The van der Waals surface area contributed by atoms with Crippen LogP contribution in [0.3, 0.4) is 0 Å². The lowest BCUT2D eigenvalue weighted by atomic mass is 10.2. The predicted octanol–water partition coefficient (Wildman–Crippen LogP) is 2.45. The molecule has 0 aromatic heterocycles. The van der Waals surface area contributed by atoms with Gasteiger partial charge < -0.3 is 0 Å². The van der Waals surface area contributed by atoms with Gasteiger partial charge in [0.25, 0.3) is 0 Å². The SMILES string of the molecule is C1=C\C=C/CC\C=C/1. The van der Waals surface area contributed by atoms with Crippen molar-refractivity contribution in [2.24, 2.45) is 0 Å². The van der Waals surface area contributed by atoms with E-state index in [0.717, 1.165) is 0 Å². The summed E-state index contributed by atoms with van der Waals surface area (Å²) < 4.78 is 0. The summed E-state index contributed by atoms with van der Waals surface area (Å²) in [6.45, 7) is 0. The van der Waals surface area contributed by atoms with E-state index in [1.54, 1.807) is 0 Å². The molecule has 0 aromatic rings. The third-order valence-electron chi connectivity index (χ3n) is 1.11. The standard InChI is InChI=1S/C8H10/c1-2-4-6-8-7-5-3-1/h1-6H,7-8H2/b2-1-,5-3-,6-4-. The summed E-state index contributed by atoms with van der Waals surface area (Å²) in [5.74, 6) is 0. The summed E-state index contributed by atoms with van der Waals surface area (Å²) in [5, 5.41) is 0. The maximum absolute atomic E-state index is 2.18. The lowest BCUT2D eigenvalue weighted by molar-refractivity contribution is 1.05. The van der Waals surface area contributed by atoms with Crippen molar-refractivity contribution in [1.82, 2.24) is 0 Å². The van der Waals surface area contributed by atoms with Crippen LogP contribution >= 0.6 is 0 Å². The highest BCUT2D eigenvalue weighted by Crippen LogP contribution is 1.96. The van der Waals surface area contributed by atoms with Crippen LogP contribution in [-0.4, -0.2) is 0 Å². The molecule has 1 aliphatic rings. The smallest absolute Gasteiger partial charge is 0.0313 e. The minimum absolute atomic E-state index is 1.18. The first kappa shape index (κ1) is 5.36. The van der Waals surface area contributed by atoms with Crippen LogP contribution in [0.25, 0.3) is 0 Å². The lowest BCUT2D eigenvalue weighted by Gasteiger charge is -1.86. The molecule has 1 rings (SSSR count). The van der Waals surface area contributed by atoms with Gasteiger partial charge in [-0.1, -0.05) is 36.5 Å². The van der Waals surface area contributed by atoms with Gasteiger partial charge in [-0.3, -0.25) is 0 Å². The van der Waals surface area contributed by atoms with E-state index < -0.39 is 0 Å². The molecule has 0 heterocycles. The number of hydrogen-bond donors (Lipinski definition) is 0. The zero-order valence-corrected chi connectivity index (χ0v) is 4.88. The normalized spacial score (nSPS) is 30.0. The maximum Gasteiger partial charge on any atom is -0.0313 e. The van der Waals surface area contributed by atoms with Gasteiger partial charge in [0.15, 0.2) is 0 Å². The van der Waals surface area contributed by atoms with Crippen LogP contribution in [0, 0.1) is 0 Å². The fraction of sp³-hybridized carbons (Fsp3) is 0.250. The fourth-order valence-electron chi connectivity index (χ4n) is 0.670. The van der Waals surface area contributed by atoms with Crippen LogP contribution < -0.4 is 0 Å². The Morgan fingerprint density at radius 2 is 1.12 bits per heavy atom. The van der Waals surface area contributed by atoms with Gasteiger partial charge in [-0.05, 0) is 12.8 Å². The molecule has 0 fully saturated rings. The van der Waals surface area contributed by atoms with Crippen molar-refractivity contribution in [1.29, 1.82) is 0 Å². The van der Waals surface area contributed by atoms with E-state index in [-0.39, 0.29) is 0 Å². The maximum atomic E-state index is 2.18. The van der Waals surface area contributed by atoms with E-state index in [9.17, 15) is 0 Å². The Bertz CT molecular complexity index is 111. The largest absolute Gasteiger partial charge is 0.0842 e. The molecule has 0 aromatic carbocycles. The summed E-state index contributed by atoms with van der Waals surface area (Å²) in [6, 6.07) is 0. The minimum atomic E-state index is 1.18. The first-order valence-electron chi connectivity index (χ1n) is 2.98. The molecule has 0 spiro atoms. The fourth-order valence-corrected chi connectivity index (χ4v) is 0.670. The Balaban J connectivity index is 2.51. The first-order valence-corrected chi connectivity index (χ1v) is 2.98. The summed E-state index contributed by atoms with van der Waals surface area (Å²) in [6.07, 6.45) is 15.0. The van der Waals surface area contributed by atoms with Gasteiger partial charge in [0, 0.05) is 0 Å². The van der Waals surface area contributed by atoms with Crippen molar-refractivity contribution in [2.45, 2.75) is 12.8 Å². The zero-order valence-electron chi connectivity index (χ0n) is 4.88. The zero-order chi connectivity index (χ0) is 5.66. The molecule has 8 heavy (non-hydrogen) atoms. The van der Waals surface area contributed by atoms with Gasteiger partial charge >= 0.3 is 0 Å². The monoisotopic (exact) mass is 106 g/mol. The van der Waals surface area contributed by atoms with Crippen LogP contribution in [0.2, 0.25) is 0 Å². The van der Waals surface area contributed by atoms with Gasteiger partial charge in [0.2, 0.25) is 0 Å². The van der Waals surface area contributed by atoms with Gasteiger partial charge in [-0.25, -0.2) is 0 Å². The van der Waals surface area contributed by atoms with Crippen molar-refractivity contribution in [3.8, 4) is 0 Å². The summed E-state index contributed by atoms with van der Waals surface area (Å²) >= 11 is 0. The van der Waals surface area contributed by atoms with Crippen molar-refractivity contribution in [2.75, 3.05) is 0 Å². The average Bonchev–Trinajstić information content (AvgIpc) is 1.62. The highest BCUT2D eigenvalue weighted by Gasteiger charge is 1.75. The Kier molecular flexibility index (Phi) is 2.18. The van der Waals surface area contributed by atoms with Gasteiger partial charge in [-0.2, -0.15) is 0 Å². The van der Waals surface area contributed by atoms with E-state index in [2.05, 4.69) is 36.5 Å². The van der Waals surface area contributed by atoms with E-state index in [4.69, 9.17) is 0 Å². The van der Waals surface area contributed by atoms with Gasteiger partial charge in [-0.15, -0.1) is 0 Å². The summed E-state index contributed by atoms with van der Waals surface area (Å²) in [4.78, 5) is 0. The molecule has 0 aliphatic heterocycles. The van der Waals surface area contributed by atoms with Crippen molar-refractivity contribution in [3.63, 3.8) is 0 Å². The van der Waals surface area contributed by atoms with Crippen LogP contribution in [0.4, 0.5) is 0 Å². The Morgan fingerprint density at radius 1 is 0.625 bits per heavy atom. The number of hydrogen-bond acceptors (Lipinski definition) is 0. The predicted molar refractivity (Wildman–Crippen MR) is 36.7 cm³/mol. The van der Waals surface area contributed by atoms with Gasteiger partial charge in [0.05, 0.1) is 0 Å². The molecular weight excluding hydrogens is 96.1 g/mol. The summed E-state index contributed by atoms with van der Waals surface area (Å²) in [5.41, 5.74) is 0. The highest BCUT2D eigenvalue weighted by molar-refractivity contribution is 5.13. The Morgan fingerprint density at radius 3 is 1.62 bits per heavy atom. The van der Waals surface area contributed by atoms with E-state index >= 15 is 0 Å². The Hall–Kier alpha value is -0.780. The molecule has 0 nitrogen and oxygen atoms in total. The third-order valence-corrected chi connectivity index (χ3v) is 1.11. The van der Waals surface area contributed by atoms with E-state index in [0.29, 0.717) is 0 Å². The average molecular weight is 106 g/mol. The molecule has 0 unspecified atom stereocenters. The Labute approximate surface area is 50.2 Å². The molecule has 0 atom stereocenters. The van der Waals surface area contributed by atoms with Crippen LogP contribution in [-0.2, 0) is 0 Å². The van der Waals surface area contributed by atoms with E-state index in [1.807, 2.05) is 0 Å². The molecule has 1 aliphatic carbocycles. The molecule has 0 saturated heterocycles. The molecule has 0 heteroatoms. The lowest BCUT2D eigenvalue weighted by Crippen LogP contribution is -1.65. The number of allylic oxidation sites excluding steroid dienone is 6. The first-order chi connectivity index (χ1) is 4.00. The molecule has 0 radical (unpaired) electrons. The molecule has 0 bridgehead atoms. The van der Waals surface area contributed by atoms with Crippen molar-refractivity contribution >= 4 is 0 Å². The highest BCUT2D eigenvalue weighted by atomic mass is 13.8. The minimum Gasteiger partial charge on any atom is -0.0842 e. The molecule has 0 N–H and O–H groups in total. The number of rotatable bonds is 0. The molecule has 0 saturated carbocycles. The van der Waals surface area contributed by atoms with Crippen LogP contribution in [0.5, 0.6) is 0 Å². The quantitative estimate of drug-likeness (QED) is 0.445. The third kappa shape index (κ3) is 1.78. The van der Waals surface area contributed by atoms with Crippen molar-refractivity contribution < 1.29 is 0 Å². The van der Waals surface area contributed by atoms with Crippen LogP contribution in [0.1, 0.15) is 12.8 Å².